The van der Waals surface area contributed by atoms with Crippen LogP contribution >= 0.6 is 10.7 Å². The third-order valence-corrected chi connectivity index (χ3v) is 5.07. The average Bonchev–Trinajstić information content (AvgIpc) is 2.55. The number of aryl methyl sites for hydroxylation is 2. The van der Waals surface area contributed by atoms with E-state index in [1.54, 1.807) is 19.2 Å². The molecule has 0 bridgehead atoms. The Kier molecular flexibility index (Phi) is 4.41. The molecule has 1 atom stereocenters. The summed E-state index contributed by atoms with van der Waals surface area (Å²) in [6, 6.07) is 6.57. The summed E-state index contributed by atoms with van der Waals surface area (Å²) < 4.78 is 35.4. The van der Waals surface area contributed by atoms with Gasteiger partial charge in [0, 0.05) is 18.2 Å². The topological polar surface area (TPSA) is 92.0 Å². The van der Waals surface area contributed by atoms with Crippen LogP contribution in [0, 0.1) is 25.5 Å². The van der Waals surface area contributed by atoms with Gasteiger partial charge in [0.1, 0.15) is 22.2 Å². The van der Waals surface area contributed by atoms with E-state index in [0.29, 0.717) is 0 Å². The molecule has 0 spiro atoms. The second kappa shape index (κ2) is 6.52. The summed E-state index contributed by atoms with van der Waals surface area (Å²) in [6.07, 6.45) is 0. The number of nitrogens with zero attached hydrogens (tertiary/aromatic N) is 1. The first-order valence-corrected chi connectivity index (χ1v) is 8.58. The number of hydrogen-bond donors (Lipinski definition) is 4. The van der Waals surface area contributed by atoms with E-state index in [9.17, 15) is 13.9 Å². The van der Waals surface area contributed by atoms with Gasteiger partial charge in [0.15, 0.2) is 11.6 Å². The minimum absolute atomic E-state index is 0.150. The minimum atomic E-state index is -0.709. The number of halogens is 2. The molecule has 0 amide bonds. The largest absolute Gasteiger partial charge is 0.507 e. The van der Waals surface area contributed by atoms with Gasteiger partial charge in [-0.2, -0.15) is 0 Å². The second-order valence-corrected chi connectivity index (χ2v) is 7.04. The summed E-state index contributed by atoms with van der Waals surface area (Å²) >= 11 is 0. The highest BCUT2D eigenvalue weighted by Crippen LogP contribution is 2.35. The van der Waals surface area contributed by atoms with Crippen molar-refractivity contribution in [1.29, 1.82) is 0 Å². The van der Waals surface area contributed by atoms with Crippen LogP contribution in [0.2, 0.25) is 0 Å². The van der Waals surface area contributed by atoms with Gasteiger partial charge in [0.25, 0.3) is 5.88 Å². The Labute approximate surface area is 144 Å². The molecule has 6 nitrogen and oxygen atoms in total. The van der Waals surface area contributed by atoms with Crippen molar-refractivity contribution in [2.45, 2.75) is 13.8 Å². The maximum atomic E-state index is 13.8. The molecule has 1 unspecified atom stereocenters. The Bertz CT molecular complexity index is 946. The van der Waals surface area contributed by atoms with Crippen LogP contribution in [0.15, 0.2) is 35.7 Å². The molecule has 9 heteroatoms. The Hall–Kier alpha value is -2.94. The molecular weight excluding hydrogens is 350 g/mol. The molecule has 2 aromatic carbocycles. The van der Waals surface area contributed by atoms with Gasteiger partial charge in [-0.3, -0.25) is 0 Å². The fourth-order valence-electron chi connectivity index (χ4n) is 2.29. The first-order chi connectivity index (χ1) is 11.8. The first-order valence-electron chi connectivity index (χ1n) is 7.29. The number of nitrogen functional groups attached to an aromatic ring is 1. The lowest BCUT2D eigenvalue weighted by Crippen LogP contribution is -2.16. The normalized spacial score (nSPS) is 11.4. The van der Waals surface area contributed by atoms with Crippen LogP contribution < -0.4 is 10.6 Å². The highest BCUT2D eigenvalue weighted by Gasteiger charge is 2.17. The Morgan fingerprint density at radius 2 is 1.84 bits per heavy atom. The third-order valence-electron chi connectivity index (χ3n) is 3.48. The van der Waals surface area contributed by atoms with Crippen LogP contribution in [-0.2, 0) is 0 Å². The van der Waals surface area contributed by atoms with Crippen molar-refractivity contribution in [2.24, 2.45) is 0 Å². The van der Waals surface area contributed by atoms with Crippen LogP contribution in [0.25, 0.3) is 4.90 Å². The smallest absolute Gasteiger partial charge is 0.271 e. The lowest BCUT2D eigenvalue weighted by Gasteiger charge is -2.08. The number of aromatic hydroxyl groups is 1. The zero-order chi connectivity index (χ0) is 18.1. The molecule has 3 aromatic rings. The molecule has 0 aliphatic rings. The monoisotopic (exact) mass is 367 g/mol. The number of nitrogens with one attached hydrogen (secondary N) is 2. The molecule has 0 saturated carbocycles. The highest BCUT2D eigenvalue weighted by molar-refractivity contribution is 7.33. The van der Waals surface area contributed by atoms with Gasteiger partial charge >= 0.3 is 0 Å². The van der Waals surface area contributed by atoms with Crippen molar-refractivity contribution in [3.8, 4) is 22.3 Å². The number of aromatic amines is 2. The maximum absolute atomic E-state index is 13.8. The highest BCUT2D eigenvalue weighted by atomic mass is 32.2. The number of benzene rings is 2. The van der Waals surface area contributed by atoms with E-state index in [4.69, 9.17) is 10.6 Å². The third kappa shape index (κ3) is 3.61. The first kappa shape index (κ1) is 16.9. The van der Waals surface area contributed by atoms with Gasteiger partial charge in [0.2, 0.25) is 10.3 Å². The zero-order valence-corrected chi connectivity index (χ0v) is 14.3. The SMILES string of the molecule is Cc1cc(-[s+]2cc(Oc3cc(F)ccc3F)[nH]n(N)[nH]2)cc(C)c1O. The Morgan fingerprint density at radius 1 is 1.16 bits per heavy atom. The molecule has 0 saturated heterocycles. The van der Waals surface area contributed by atoms with Gasteiger partial charge < -0.3 is 15.7 Å². The van der Waals surface area contributed by atoms with E-state index >= 15 is 0 Å². The van der Waals surface area contributed by atoms with Crippen molar-refractivity contribution >= 4 is 10.7 Å². The van der Waals surface area contributed by atoms with E-state index in [1.807, 2.05) is 12.1 Å². The summed E-state index contributed by atoms with van der Waals surface area (Å²) in [5, 5.41) is 14.2. The molecule has 1 heterocycles. The van der Waals surface area contributed by atoms with E-state index in [2.05, 4.69) is 9.59 Å². The summed E-state index contributed by atoms with van der Waals surface area (Å²) in [6.45, 7) is 3.59. The quantitative estimate of drug-likeness (QED) is 0.415. The number of rotatable bonds is 3. The molecule has 0 aliphatic heterocycles. The summed E-state index contributed by atoms with van der Waals surface area (Å²) in [7, 11) is -0.709. The van der Waals surface area contributed by atoms with Crippen molar-refractivity contribution in [3.05, 3.63) is 58.5 Å². The molecule has 0 fully saturated rings. The standard InChI is InChI=1S/C16H16F2N4O2S/c1-9-5-12(6-10(2)16(9)23)25-8-15(20-22(19)21-25)24-14-7-11(17)3-4-13(14)18/h3-8,20-21H,19H2,1-2H3/p+1. The average molecular weight is 367 g/mol. The van der Waals surface area contributed by atoms with E-state index in [-0.39, 0.29) is 17.4 Å². The van der Waals surface area contributed by atoms with Gasteiger partial charge in [-0.25, -0.2) is 13.9 Å². The lowest BCUT2D eigenvalue weighted by atomic mass is 10.1. The van der Waals surface area contributed by atoms with E-state index in [1.165, 1.54) is 0 Å². The molecule has 0 aliphatic carbocycles. The Balaban J connectivity index is 2.03. The van der Waals surface area contributed by atoms with Crippen LogP contribution in [0.1, 0.15) is 11.1 Å². The van der Waals surface area contributed by atoms with E-state index < -0.39 is 22.3 Å². The predicted octanol–water partition coefficient (Wildman–Crippen LogP) is 4.11. The number of nitrogens with two attached hydrogens (primary N) is 1. The molecule has 5 N–H and O–H groups in total. The van der Waals surface area contributed by atoms with Gasteiger partial charge in [-0.05, 0) is 37.1 Å². The van der Waals surface area contributed by atoms with E-state index in [0.717, 1.165) is 39.1 Å². The minimum Gasteiger partial charge on any atom is -0.507 e. The van der Waals surface area contributed by atoms with Crippen molar-refractivity contribution < 1.29 is 18.6 Å². The van der Waals surface area contributed by atoms with Crippen LogP contribution in [0.4, 0.5) is 8.78 Å². The second-order valence-electron chi connectivity index (χ2n) is 5.48. The number of H-pyrrole nitrogens is 2. The van der Waals surface area contributed by atoms with Gasteiger partial charge in [0.05, 0.1) is 0 Å². The molecule has 25 heavy (non-hydrogen) atoms. The van der Waals surface area contributed by atoms with Crippen molar-refractivity contribution in [3.63, 3.8) is 0 Å². The van der Waals surface area contributed by atoms with Crippen LogP contribution in [-0.4, -0.2) is 19.6 Å². The fourth-order valence-corrected chi connectivity index (χ4v) is 3.77. The number of phenolic OH excluding ortho intramolecular Hbond substituents is 1. The molecule has 3 rings (SSSR count). The number of phenols is 1. The predicted molar refractivity (Wildman–Crippen MR) is 92.3 cm³/mol. The Morgan fingerprint density at radius 3 is 2.52 bits per heavy atom. The number of hydrogen-bond acceptors (Lipinski definition) is 3. The van der Waals surface area contributed by atoms with Crippen LogP contribution in [0.5, 0.6) is 17.4 Å². The van der Waals surface area contributed by atoms with Crippen molar-refractivity contribution in [2.75, 3.05) is 5.84 Å². The maximum Gasteiger partial charge on any atom is 0.271 e. The number of aromatic nitrogens is 3. The van der Waals surface area contributed by atoms with Crippen molar-refractivity contribution in [1.82, 2.24) is 14.5 Å². The van der Waals surface area contributed by atoms with Gasteiger partial charge in [-0.15, -0.1) is 0 Å². The molecular formula is C16H17F2N4O2S+. The summed E-state index contributed by atoms with van der Waals surface area (Å²) in [5.74, 6) is 4.58. The summed E-state index contributed by atoms with van der Waals surface area (Å²) in [5.41, 5.74) is 1.44. The lowest BCUT2D eigenvalue weighted by molar-refractivity contribution is 0.408. The molecule has 0 radical (unpaired) electrons. The zero-order valence-electron chi connectivity index (χ0n) is 13.5. The molecule has 1 aromatic heterocycles. The number of ether oxygens (including phenoxy) is 1. The fraction of sp³-hybridized carbons (Fsp3) is 0.125. The van der Waals surface area contributed by atoms with Gasteiger partial charge in [-0.1, -0.05) is 9.39 Å². The van der Waals surface area contributed by atoms with Crippen LogP contribution in [0.3, 0.4) is 0 Å². The summed E-state index contributed by atoms with van der Waals surface area (Å²) in [4.78, 5) is 1.93. The molecule has 132 valence electrons.